The fourth-order valence-electron chi connectivity index (χ4n) is 2.93. The van der Waals surface area contributed by atoms with Crippen molar-refractivity contribution in [3.05, 3.63) is 54.4 Å². The molecule has 1 aromatic heterocycles. The molecule has 0 saturated carbocycles. The van der Waals surface area contributed by atoms with Crippen LogP contribution in [0.5, 0.6) is 0 Å². The van der Waals surface area contributed by atoms with Gasteiger partial charge in [0.25, 0.3) is 0 Å². The number of carbonyl (C=O) groups excluding carboxylic acids is 2. The van der Waals surface area contributed by atoms with Gasteiger partial charge in [-0.05, 0) is 61.9 Å². The van der Waals surface area contributed by atoms with Crippen molar-refractivity contribution in [2.45, 2.75) is 58.4 Å². The van der Waals surface area contributed by atoms with Crippen molar-refractivity contribution in [2.75, 3.05) is 11.9 Å². The van der Waals surface area contributed by atoms with Gasteiger partial charge in [-0.25, -0.2) is 14.2 Å². The molecular weight excluding hydrogens is 366 g/mol. The Morgan fingerprint density at radius 3 is 2.45 bits per heavy atom. The molecule has 154 valence electrons. The summed E-state index contributed by atoms with van der Waals surface area (Å²) < 4.78 is 7.42. The molecule has 1 aromatic carbocycles. The Bertz CT molecular complexity index is 782. The van der Waals surface area contributed by atoms with Crippen LogP contribution >= 0.6 is 0 Å². The summed E-state index contributed by atoms with van der Waals surface area (Å²) in [5, 5.41) is 2.65. The van der Waals surface area contributed by atoms with Crippen molar-refractivity contribution in [3.63, 3.8) is 0 Å². The van der Waals surface area contributed by atoms with E-state index in [-0.39, 0.29) is 0 Å². The number of benzene rings is 1. The number of aromatic nitrogens is 1. The molecule has 6 nitrogen and oxygen atoms in total. The van der Waals surface area contributed by atoms with Crippen LogP contribution < -0.4 is 9.88 Å². The molecule has 2 rings (SSSR count). The number of nitrogens with zero attached hydrogens (tertiary/aromatic N) is 2. The zero-order chi connectivity index (χ0) is 20.7. The molecule has 0 spiro atoms. The van der Waals surface area contributed by atoms with E-state index in [9.17, 15) is 9.59 Å². The minimum atomic E-state index is -0.477. The second-order valence-electron chi connectivity index (χ2n) is 6.97. The molecular formula is C23H30N3O3+. The van der Waals surface area contributed by atoms with Gasteiger partial charge < -0.3 is 4.74 Å². The van der Waals surface area contributed by atoms with Crippen LogP contribution in [0.3, 0.4) is 0 Å². The number of aliphatic imine (C=N–C) groups is 1. The number of carbonyl (C=O) groups is 1. The van der Waals surface area contributed by atoms with Crippen molar-refractivity contribution in [2.24, 2.45) is 4.99 Å². The maximum Gasteiger partial charge on any atom is 0.411 e. The highest BCUT2D eigenvalue weighted by atomic mass is 16.5. The normalized spacial score (nSPS) is 10.2. The van der Waals surface area contributed by atoms with E-state index < -0.39 is 6.09 Å². The zero-order valence-electron chi connectivity index (χ0n) is 17.1. The summed E-state index contributed by atoms with van der Waals surface area (Å²) >= 11 is 0. The van der Waals surface area contributed by atoms with Gasteiger partial charge in [-0.15, -0.1) is 0 Å². The average Bonchev–Trinajstić information content (AvgIpc) is 2.74. The minimum absolute atomic E-state index is 0.401. The third kappa shape index (κ3) is 9.17. The standard InChI is InChI=1S/C23H29N3O3/c1-2-3-8-20-13-16-26(17-14-20)15-6-4-5-7-18-29-23(28)25-22-11-9-21(10-12-22)24-19-27/h9-14,16-17H,2-8,15,18H2,1H3/p+1. The molecule has 0 radical (unpaired) electrons. The quantitative estimate of drug-likeness (QED) is 0.235. The van der Waals surface area contributed by atoms with Crippen LogP contribution in [0.2, 0.25) is 0 Å². The molecule has 0 aliphatic heterocycles. The number of hydrogen-bond acceptors (Lipinski definition) is 4. The Morgan fingerprint density at radius 1 is 1.03 bits per heavy atom. The summed E-state index contributed by atoms with van der Waals surface area (Å²) in [5.41, 5.74) is 2.49. The second-order valence-corrected chi connectivity index (χ2v) is 6.97. The van der Waals surface area contributed by atoms with E-state index in [1.807, 2.05) is 0 Å². The number of isocyanates is 1. The van der Waals surface area contributed by atoms with Crippen molar-refractivity contribution in [1.82, 2.24) is 0 Å². The van der Waals surface area contributed by atoms with E-state index in [4.69, 9.17) is 4.74 Å². The molecule has 0 saturated heterocycles. The maximum atomic E-state index is 11.8. The van der Waals surface area contributed by atoms with Gasteiger partial charge in [0.05, 0.1) is 12.3 Å². The zero-order valence-corrected chi connectivity index (χ0v) is 17.1. The lowest BCUT2D eigenvalue weighted by Gasteiger charge is -2.07. The highest BCUT2D eigenvalue weighted by molar-refractivity contribution is 5.84. The first-order valence-corrected chi connectivity index (χ1v) is 10.3. The van der Waals surface area contributed by atoms with Crippen LogP contribution in [0.25, 0.3) is 0 Å². The SMILES string of the molecule is CCCCc1cc[n+](CCCCCCOC(=O)Nc2ccc(N=C=O)cc2)cc1. The lowest BCUT2D eigenvalue weighted by atomic mass is 10.1. The molecule has 1 amide bonds. The lowest BCUT2D eigenvalue weighted by Crippen LogP contribution is -2.32. The van der Waals surface area contributed by atoms with Gasteiger partial charge in [0.1, 0.15) is 6.54 Å². The molecule has 0 bridgehead atoms. The predicted molar refractivity (Wildman–Crippen MR) is 113 cm³/mol. The number of ether oxygens (including phenoxy) is 1. The van der Waals surface area contributed by atoms with Gasteiger partial charge in [-0.1, -0.05) is 13.3 Å². The van der Waals surface area contributed by atoms with Crippen LogP contribution in [0.15, 0.2) is 53.8 Å². The Morgan fingerprint density at radius 2 is 1.76 bits per heavy atom. The number of pyridine rings is 1. The Labute approximate surface area is 172 Å². The van der Waals surface area contributed by atoms with E-state index in [1.165, 1.54) is 24.5 Å². The Hall–Kier alpha value is -2.98. The molecule has 1 heterocycles. The highest BCUT2D eigenvalue weighted by Crippen LogP contribution is 2.15. The Balaban J connectivity index is 1.53. The van der Waals surface area contributed by atoms with Crippen LogP contribution in [0.4, 0.5) is 16.2 Å². The van der Waals surface area contributed by atoms with Crippen molar-refractivity contribution < 1.29 is 18.9 Å². The second kappa shape index (κ2) is 13.2. The van der Waals surface area contributed by atoms with Gasteiger partial charge in [0.2, 0.25) is 6.08 Å². The van der Waals surface area contributed by atoms with Crippen molar-refractivity contribution in [3.8, 4) is 0 Å². The van der Waals surface area contributed by atoms with E-state index in [0.29, 0.717) is 18.0 Å². The molecule has 1 N–H and O–H groups in total. The summed E-state index contributed by atoms with van der Waals surface area (Å²) in [6, 6.07) is 11.0. The maximum absolute atomic E-state index is 11.8. The molecule has 0 unspecified atom stereocenters. The molecule has 0 aliphatic carbocycles. The van der Waals surface area contributed by atoms with E-state index in [0.717, 1.165) is 38.6 Å². The van der Waals surface area contributed by atoms with Crippen LogP contribution in [-0.4, -0.2) is 18.8 Å². The molecule has 0 atom stereocenters. The summed E-state index contributed by atoms with van der Waals surface area (Å²) in [4.78, 5) is 25.4. The molecule has 2 aromatic rings. The topological polar surface area (TPSA) is 71.6 Å². The van der Waals surface area contributed by atoms with Crippen LogP contribution in [0.1, 0.15) is 51.0 Å². The number of anilines is 1. The van der Waals surface area contributed by atoms with E-state index in [2.05, 4.69) is 46.3 Å². The number of unbranched alkanes of at least 4 members (excludes halogenated alkanes) is 4. The predicted octanol–water partition coefficient (Wildman–Crippen LogP) is 5.09. The smallest absolute Gasteiger partial charge is 0.411 e. The van der Waals surface area contributed by atoms with Crippen LogP contribution in [0, 0.1) is 0 Å². The summed E-state index contributed by atoms with van der Waals surface area (Å²) in [5.74, 6) is 0. The minimum Gasteiger partial charge on any atom is -0.449 e. The van der Waals surface area contributed by atoms with Gasteiger partial charge in [0, 0.05) is 24.2 Å². The highest BCUT2D eigenvalue weighted by Gasteiger charge is 2.04. The first-order valence-electron chi connectivity index (χ1n) is 10.3. The van der Waals surface area contributed by atoms with Crippen molar-refractivity contribution in [1.29, 1.82) is 0 Å². The number of aryl methyl sites for hydroxylation is 2. The van der Waals surface area contributed by atoms with Crippen LogP contribution in [-0.2, 0) is 22.5 Å². The van der Waals surface area contributed by atoms with Gasteiger partial charge in [-0.3, -0.25) is 5.32 Å². The number of hydrogen-bond donors (Lipinski definition) is 1. The number of amides is 1. The molecule has 29 heavy (non-hydrogen) atoms. The van der Waals surface area contributed by atoms with E-state index >= 15 is 0 Å². The largest absolute Gasteiger partial charge is 0.449 e. The summed E-state index contributed by atoms with van der Waals surface area (Å²) in [6.07, 6.45) is 13.0. The molecule has 0 fully saturated rings. The molecule has 0 aliphatic rings. The average molecular weight is 397 g/mol. The monoisotopic (exact) mass is 396 g/mol. The molecule has 6 heteroatoms. The van der Waals surface area contributed by atoms with Crippen molar-refractivity contribution >= 4 is 23.5 Å². The van der Waals surface area contributed by atoms with Gasteiger partial charge >= 0.3 is 6.09 Å². The summed E-state index contributed by atoms with van der Waals surface area (Å²) in [6.45, 7) is 3.63. The third-order valence-electron chi connectivity index (χ3n) is 4.61. The fraction of sp³-hybridized carbons (Fsp3) is 0.435. The van der Waals surface area contributed by atoms with Gasteiger partial charge in [-0.2, -0.15) is 4.99 Å². The number of nitrogens with one attached hydrogen (secondary N) is 1. The Kier molecular flexibility index (Phi) is 10.2. The summed E-state index contributed by atoms with van der Waals surface area (Å²) in [7, 11) is 0. The third-order valence-corrected chi connectivity index (χ3v) is 4.61. The lowest BCUT2D eigenvalue weighted by molar-refractivity contribution is -0.697. The van der Waals surface area contributed by atoms with E-state index in [1.54, 1.807) is 24.3 Å². The number of rotatable bonds is 12. The first kappa shape index (κ1) is 22.3. The first-order chi connectivity index (χ1) is 14.2. The van der Waals surface area contributed by atoms with Gasteiger partial charge in [0.15, 0.2) is 12.4 Å². The fourth-order valence-corrected chi connectivity index (χ4v) is 2.93.